The molecule has 3 heterocycles. The number of nitrogens with one attached hydrogen (secondary N) is 2. The Hall–Kier alpha value is -2.28. The lowest BCUT2D eigenvalue weighted by Gasteiger charge is -2.08. The lowest BCUT2D eigenvalue weighted by Crippen LogP contribution is -2.26. The van der Waals surface area contributed by atoms with Crippen LogP contribution in [0.2, 0.25) is 5.02 Å². The molecule has 0 saturated carbocycles. The highest BCUT2D eigenvalue weighted by atomic mass is 35.5. The van der Waals surface area contributed by atoms with Crippen molar-refractivity contribution in [1.29, 1.82) is 0 Å². The number of halogens is 1. The van der Waals surface area contributed by atoms with Crippen molar-refractivity contribution in [3.8, 4) is 11.5 Å². The van der Waals surface area contributed by atoms with Crippen molar-refractivity contribution < 1.29 is 4.52 Å². The molecular weight excluding hydrogens is 314 g/mol. The molecule has 1 fully saturated rings. The first-order valence-electron chi connectivity index (χ1n) is 7.31. The molecule has 2 atom stereocenters. The molecule has 0 amide bonds. The summed E-state index contributed by atoms with van der Waals surface area (Å²) in [5.41, 5.74) is 8.31. The molecule has 0 spiro atoms. The number of hydrogen-bond acceptors (Lipinski definition) is 6. The molecule has 3 aromatic rings. The molecule has 7 heteroatoms. The van der Waals surface area contributed by atoms with Gasteiger partial charge in [0.1, 0.15) is 11.7 Å². The van der Waals surface area contributed by atoms with Gasteiger partial charge in [-0.1, -0.05) is 35.0 Å². The quantitative estimate of drug-likeness (QED) is 0.770. The predicted molar refractivity (Wildman–Crippen MR) is 85.4 cm³/mol. The topological polar surface area (TPSA) is 75.9 Å². The first-order chi connectivity index (χ1) is 11.3. The fourth-order valence-electron chi connectivity index (χ4n) is 2.61. The van der Waals surface area contributed by atoms with Gasteiger partial charge >= 0.3 is 0 Å². The normalized spacial score (nSPS) is 20.7. The van der Waals surface area contributed by atoms with E-state index < -0.39 is 0 Å². The Bertz CT molecular complexity index is 790. The first-order valence-corrected chi connectivity index (χ1v) is 7.69. The van der Waals surface area contributed by atoms with Gasteiger partial charge in [0.15, 0.2) is 0 Å². The second-order valence-corrected chi connectivity index (χ2v) is 5.79. The Morgan fingerprint density at radius 2 is 1.87 bits per heavy atom. The van der Waals surface area contributed by atoms with Crippen molar-refractivity contribution in [2.45, 2.75) is 18.5 Å². The van der Waals surface area contributed by atoms with Crippen LogP contribution >= 0.6 is 11.6 Å². The van der Waals surface area contributed by atoms with Crippen LogP contribution in [-0.2, 0) is 0 Å². The molecule has 0 bridgehead atoms. The molecule has 0 aliphatic carbocycles. The van der Waals surface area contributed by atoms with Gasteiger partial charge in [-0.05, 0) is 36.2 Å². The minimum absolute atomic E-state index is 0.0411. The van der Waals surface area contributed by atoms with E-state index in [0.29, 0.717) is 17.4 Å². The average Bonchev–Trinajstić information content (AvgIpc) is 3.26. The number of nitrogens with zero attached hydrogens (tertiary/aromatic N) is 3. The molecule has 6 nitrogen and oxygen atoms in total. The summed E-state index contributed by atoms with van der Waals surface area (Å²) in [6.45, 7) is 0. The lowest BCUT2D eigenvalue weighted by molar-refractivity contribution is 0.340. The Labute approximate surface area is 137 Å². The summed E-state index contributed by atoms with van der Waals surface area (Å²) in [5, 5.41) is 4.74. The van der Waals surface area contributed by atoms with Crippen LogP contribution in [0.25, 0.3) is 11.5 Å². The molecule has 0 radical (unpaired) electrons. The van der Waals surface area contributed by atoms with E-state index >= 15 is 0 Å². The molecule has 2 aromatic heterocycles. The van der Waals surface area contributed by atoms with Crippen LogP contribution in [0.15, 0.2) is 53.2 Å². The van der Waals surface area contributed by atoms with Gasteiger partial charge in [0.05, 0.1) is 0 Å². The third-order valence-electron chi connectivity index (χ3n) is 3.81. The van der Waals surface area contributed by atoms with Gasteiger partial charge in [0.2, 0.25) is 11.7 Å². The largest absolute Gasteiger partial charge is 0.337 e. The predicted octanol–water partition coefficient (Wildman–Crippen LogP) is 3.07. The average molecular weight is 328 g/mol. The Morgan fingerprint density at radius 1 is 1.04 bits per heavy atom. The Balaban J connectivity index is 1.50. The van der Waals surface area contributed by atoms with Crippen LogP contribution in [0.5, 0.6) is 0 Å². The zero-order valence-electron chi connectivity index (χ0n) is 12.1. The Morgan fingerprint density at radius 3 is 2.65 bits per heavy atom. The summed E-state index contributed by atoms with van der Waals surface area (Å²) >= 11 is 5.93. The van der Waals surface area contributed by atoms with Gasteiger partial charge in [-0.2, -0.15) is 4.98 Å². The fourth-order valence-corrected chi connectivity index (χ4v) is 2.73. The van der Waals surface area contributed by atoms with E-state index in [9.17, 15) is 0 Å². The van der Waals surface area contributed by atoms with Crippen molar-refractivity contribution in [3.63, 3.8) is 0 Å². The number of benzene rings is 1. The Kier molecular flexibility index (Phi) is 3.78. The van der Waals surface area contributed by atoms with E-state index in [4.69, 9.17) is 16.1 Å². The lowest BCUT2D eigenvalue weighted by atomic mass is 10.0. The number of pyridine rings is 1. The summed E-state index contributed by atoms with van der Waals surface area (Å²) in [6.07, 6.45) is 2.52. The summed E-state index contributed by atoms with van der Waals surface area (Å²) < 4.78 is 5.38. The number of rotatable bonds is 3. The van der Waals surface area contributed by atoms with Crippen LogP contribution in [0.3, 0.4) is 0 Å². The smallest absolute Gasteiger partial charge is 0.245 e. The fraction of sp³-hybridized carbons (Fsp3) is 0.188. The monoisotopic (exact) mass is 327 g/mol. The van der Waals surface area contributed by atoms with Gasteiger partial charge < -0.3 is 4.52 Å². The number of aromatic nitrogens is 3. The van der Waals surface area contributed by atoms with Crippen molar-refractivity contribution in [2.75, 3.05) is 0 Å². The van der Waals surface area contributed by atoms with Crippen molar-refractivity contribution in [3.05, 3.63) is 65.1 Å². The maximum absolute atomic E-state index is 5.93. The number of hydrogen-bond donors (Lipinski definition) is 2. The van der Waals surface area contributed by atoms with Crippen LogP contribution in [0.4, 0.5) is 0 Å². The van der Waals surface area contributed by atoms with Gasteiger partial charge in [0.25, 0.3) is 0 Å². The zero-order valence-corrected chi connectivity index (χ0v) is 12.9. The highest BCUT2D eigenvalue weighted by Crippen LogP contribution is 2.31. The molecule has 1 aliphatic rings. The third-order valence-corrected chi connectivity index (χ3v) is 4.06. The SMILES string of the molecule is Clc1ccc(C2CC(c3nc(-c4ccccn4)no3)NN2)cc1. The van der Waals surface area contributed by atoms with Crippen molar-refractivity contribution in [2.24, 2.45) is 0 Å². The zero-order chi connectivity index (χ0) is 15.6. The van der Waals surface area contributed by atoms with Crippen LogP contribution < -0.4 is 10.9 Å². The second kappa shape index (κ2) is 6.08. The van der Waals surface area contributed by atoms with Gasteiger partial charge in [-0.25, -0.2) is 10.9 Å². The van der Waals surface area contributed by atoms with Gasteiger partial charge in [-0.3, -0.25) is 4.98 Å². The molecule has 2 unspecified atom stereocenters. The van der Waals surface area contributed by atoms with Crippen LogP contribution in [0.1, 0.15) is 30.0 Å². The van der Waals surface area contributed by atoms with E-state index in [1.54, 1.807) is 6.20 Å². The maximum atomic E-state index is 5.93. The molecule has 4 rings (SSSR count). The highest BCUT2D eigenvalue weighted by molar-refractivity contribution is 6.30. The standard InChI is InChI=1S/C16H14ClN5O/c17-11-6-4-10(5-7-11)13-9-14(21-20-13)16-19-15(22-23-16)12-3-1-2-8-18-12/h1-8,13-14,20-21H,9H2. The third kappa shape index (κ3) is 2.96. The van der Waals surface area contributed by atoms with E-state index in [0.717, 1.165) is 17.0 Å². The minimum Gasteiger partial charge on any atom is -0.337 e. The molecule has 1 aliphatic heterocycles. The molecular formula is C16H14ClN5O. The molecule has 1 saturated heterocycles. The molecule has 23 heavy (non-hydrogen) atoms. The summed E-state index contributed by atoms with van der Waals surface area (Å²) in [4.78, 5) is 8.67. The summed E-state index contributed by atoms with van der Waals surface area (Å²) in [7, 11) is 0. The highest BCUT2D eigenvalue weighted by Gasteiger charge is 2.30. The molecule has 1 aromatic carbocycles. The van der Waals surface area contributed by atoms with E-state index in [1.807, 2.05) is 42.5 Å². The second-order valence-electron chi connectivity index (χ2n) is 5.35. The van der Waals surface area contributed by atoms with Crippen molar-refractivity contribution in [1.82, 2.24) is 26.0 Å². The number of hydrazine groups is 1. The van der Waals surface area contributed by atoms with E-state index in [1.165, 1.54) is 0 Å². The molecule has 116 valence electrons. The van der Waals surface area contributed by atoms with Crippen LogP contribution in [-0.4, -0.2) is 15.1 Å². The maximum Gasteiger partial charge on any atom is 0.245 e. The first kappa shape index (κ1) is 14.3. The van der Waals surface area contributed by atoms with Crippen molar-refractivity contribution >= 4 is 11.6 Å². The molecule has 2 N–H and O–H groups in total. The van der Waals surface area contributed by atoms with Gasteiger partial charge in [-0.15, -0.1) is 0 Å². The summed E-state index contributed by atoms with van der Waals surface area (Å²) in [5.74, 6) is 1.05. The van der Waals surface area contributed by atoms with E-state index in [-0.39, 0.29) is 12.1 Å². The van der Waals surface area contributed by atoms with Crippen LogP contribution in [0, 0.1) is 0 Å². The van der Waals surface area contributed by atoms with E-state index in [2.05, 4.69) is 26.0 Å². The summed E-state index contributed by atoms with van der Waals surface area (Å²) in [6, 6.07) is 13.5. The minimum atomic E-state index is -0.0411. The van der Waals surface area contributed by atoms with Gasteiger partial charge in [0, 0.05) is 17.3 Å².